The van der Waals surface area contributed by atoms with Crippen LogP contribution in [0.1, 0.15) is 54.4 Å². The predicted octanol–water partition coefficient (Wildman–Crippen LogP) is 4.68. The van der Waals surface area contributed by atoms with Crippen molar-refractivity contribution in [2.75, 3.05) is 13.2 Å². The first-order chi connectivity index (χ1) is 9.89. The van der Waals surface area contributed by atoms with Crippen molar-refractivity contribution < 1.29 is 23.7 Å². The number of ether oxygens (including phenoxy) is 4. The Morgan fingerprint density at radius 2 is 1.14 bits per heavy atom. The fourth-order valence-corrected chi connectivity index (χ4v) is 1.59. The van der Waals surface area contributed by atoms with E-state index < -0.39 is 17.3 Å². The smallest absolute Gasteiger partial charge is 0.414 e. The molecule has 0 saturated heterocycles. The summed E-state index contributed by atoms with van der Waals surface area (Å²) in [7, 11) is 0. The van der Waals surface area contributed by atoms with Gasteiger partial charge in [0.1, 0.15) is 0 Å². The van der Waals surface area contributed by atoms with Gasteiger partial charge in [-0.3, -0.25) is 0 Å². The molecular weight excluding hydrogens is 331 g/mol. The highest BCUT2D eigenvalue weighted by atomic mass is 35.5. The van der Waals surface area contributed by atoms with Crippen LogP contribution in [0.4, 0.5) is 4.79 Å². The molecule has 2 atom stereocenters. The largest absolute Gasteiger partial charge is 0.511 e. The lowest BCUT2D eigenvalue weighted by Crippen LogP contribution is -2.24. The summed E-state index contributed by atoms with van der Waals surface area (Å²) in [5.74, 6) is 0. The molecule has 7 heteroatoms. The van der Waals surface area contributed by atoms with Crippen LogP contribution in [0.3, 0.4) is 0 Å². The Labute approximate surface area is 143 Å². The second kappa shape index (κ2) is 9.81. The Balaban J connectivity index is 3.83. The molecule has 0 rings (SSSR count). The van der Waals surface area contributed by atoms with E-state index in [1.165, 1.54) is 0 Å². The van der Waals surface area contributed by atoms with E-state index in [-0.39, 0.29) is 11.2 Å². The minimum absolute atomic E-state index is 0.259. The number of carbonyl (C=O) groups excluding carboxylic acids is 1. The number of halogens is 2. The molecule has 0 amide bonds. The van der Waals surface area contributed by atoms with Crippen LogP contribution in [0.2, 0.25) is 0 Å². The van der Waals surface area contributed by atoms with Crippen molar-refractivity contribution in [3.63, 3.8) is 0 Å². The Morgan fingerprint density at radius 1 is 0.818 bits per heavy atom. The maximum absolute atomic E-state index is 11.5. The van der Waals surface area contributed by atoms with Gasteiger partial charge in [0.25, 0.3) is 0 Å². The molecule has 0 aromatic rings. The van der Waals surface area contributed by atoms with Crippen molar-refractivity contribution in [3.05, 3.63) is 0 Å². The van der Waals surface area contributed by atoms with Crippen LogP contribution in [0, 0.1) is 0 Å². The third-order valence-electron chi connectivity index (χ3n) is 2.21. The molecule has 2 unspecified atom stereocenters. The molecule has 0 radical (unpaired) electrons. The maximum atomic E-state index is 11.5. The van der Waals surface area contributed by atoms with Crippen LogP contribution in [0.25, 0.3) is 0 Å². The van der Waals surface area contributed by atoms with Gasteiger partial charge in [-0.15, -0.1) is 0 Å². The monoisotopic (exact) mass is 358 g/mol. The van der Waals surface area contributed by atoms with Crippen molar-refractivity contribution in [2.45, 2.75) is 76.7 Å². The summed E-state index contributed by atoms with van der Waals surface area (Å²) in [4.78, 5) is 11.5. The SMILES string of the molecule is CC(C)(C)OCCC(Cl)OC(=O)OC(Cl)CCOC(C)(C)C. The van der Waals surface area contributed by atoms with Gasteiger partial charge in [-0.25, -0.2) is 4.79 Å². The molecule has 0 aromatic carbocycles. The summed E-state index contributed by atoms with van der Waals surface area (Å²) < 4.78 is 20.7. The minimum atomic E-state index is -0.897. The third kappa shape index (κ3) is 14.7. The molecule has 0 aliphatic rings. The lowest BCUT2D eigenvalue weighted by molar-refractivity contribution is -0.0273. The van der Waals surface area contributed by atoms with E-state index in [1.54, 1.807) is 0 Å². The number of carbonyl (C=O) groups is 1. The van der Waals surface area contributed by atoms with Crippen molar-refractivity contribution >= 4 is 29.4 Å². The normalized spacial score (nSPS) is 15.3. The zero-order chi connectivity index (χ0) is 17.4. The summed E-state index contributed by atoms with van der Waals surface area (Å²) in [6.45, 7) is 12.4. The van der Waals surface area contributed by atoms with Gasteiger partial charge >= 0.3 is 6.16 Å². The van der Waals surface area contributed by atoms with Crippen LogP contribution in [0.15, 0.2) is 0 Å². The fourth-order valence-electron chi connectivity index (χ4n) is 1.27. The minimum Gasteiger partial charge on any atom is -0.414 e. The van der Waals surface area contributed by atoms with Crippen LogP contribution in [-0.4, -0.2) is 41.7 Å². The fraction of sp³-hybridized carbons (Fsp3) is 0.933. The lowest BCUT2D eigenvalue weighted by atomic mass is 10.2. The molecule has 0 saturated carbocycles. The Bertz CT molecular complexity index is 293. The topological polar surface area (TPSA) is 54.0 Å². The van der Waals surface area contributed by atoms with Crippen LogP contribution in [0.5, 0.6) is 0 Å². The second-order valence-corrected chi connectivity index (χ2v) is 7.78. The van der Waals surface area contributed by atoms with Crippen LogP contribution >= 0.6 is 23.2 Å². The highest BCUT2D eigenvalue weighted by Gasteiger charge is 2.19. The molecular formula is C15H28Cl2O5. The molecule has 0 aliphatic carbocycles. The first-order valence-electron chi connectivity index (χ1n) is 7.32. The van der Waals surface area contributed by atoms with Gasteiger partial charge < -0.3 is 18.9 Å². The number of rotatable bonds is 8. The van der Waals surface area contributed by atoms with E-state index in [9.17, 15) is 4.79 Å². The molecule has 0 N–H and O–H groups in total. The van der Waals surface area contributed by atoms with Gasteiger partial charge in [0.05, 0.1) is 24.4 Å². The van der Waals surface area contributed by atoms with Gasteiger partial charge in [0.15, 0.2) is 11.1 Å². The van der Waals surface area contributed by atoms with Gasteiger partial charge in [-0.05, 0) is 41.5 Å². The summed E-state index contributed by atoms with van der Waals surface area (Å²) in [5.41, 5.74) is -2.15. The van der Waals surface area contributed by atoms with Gasteiger partial charge in [0.2, 0.25) is 0 Å². The summed E-state index contributed by atoms with van der Waals surface area (Å²) in [6, 6.07) is 0. The number of alkyl halides is 2. The second-order valence-electron chi connectivity index (χ2n) is 6.80. The molecule has 132 valence electrons. The Kier molecular flexibility index (Phi) is 9.71. The molecule has 0 fully saturated rings. The number of hydrogen-bond donors (Lipinski definition) is 0. The molecule has 0 aromatic heterocycles. The van der Waals surface area contributed by atoms with Gasteiger partial charge in [-0.1, -0.05) is 23.2 Å². The lowest BCUT2D eigenvalue weighted by Gasteiger charge is -2.21. The molecule has 0 aliphatic heterocycles. The van der Waals surface area contributed by atoms with Crippen molar-refractivity contribution in [3.8, 4) is 0 Å². The molecule has 5 nitrogen and oxygen atoms in total. The molecule has 0 spiro atoms. The van der Waals surface area contributed by atoms with Gasteiger partial charge in [0, 0.05) is 12.8 Å². The maximum Gasteiger partial charge on any atom is 0.511 e. The summed E-state index contributed by atoms with van der Waals surface area (Å²) in [6.07, 6.45) is -0.159. The highest BCUT2D eigenvalue weighted by Crippen LogP contribution is 2.14. The van der Waals surface area contributed by atoms with Crippen LogP contribution < -0.4 is 0 Å². The zero-order valence-electron chi connectivity index (χ0n) is 14.3. The highest BCUT2D eigenvalue weighted by molar-refractivity contribution is 6.20. The molecule has 22 heavy (non-hydrogen) atoms. The predicted molar refractivity (Wildman–Crippen MR) is 87.5 cm³/mol. The average Bonchev–Trinajstić information content (AvgIpc) is 2.24. The van der Waals surface area contributed by atoms with E-state index in [0.717, 1.165) is 0 Å². The van der Waals surface area contributed by atoms with E-state index >= 15 is 0 Å². The Hall–Kier alpha value is -0.230. The summed E-state index contributed by atoms with van der Waals surface area (Å²) >= 11 is 11.8. The first kappa shape index (κ1) is 21.8. The molecule has 0 heterocycles. The quantitative estimate of drug-likeness (QED) is 0.465. The Morgan fingerprint density at radius 3 is 1.41 bits per heavy atom. The average molecular weight is 359 g/mol. The standard InChI is InChI=1S/C15H28Cl2O5/c1-14(2,3)19-9-7-11(16)21-13(18)22-12(17)8-10-20-15(4,5)6/h11-12H,7-10H2,1-6H3. The zero-order valence-corrected chi connectivity index (χ0v) is 15.8. The van der Waals surface area contributed by atoms with Crippen molar-refractivity contribution in [1.29, 1.82) is 0 Å². The van der Waals surface area contributed by atoms with E-state index in [0.29, 0.717) is 26.1 Å². The molecule has 0 bridgehead atoms. The van der Waals surface area contributed by atoms with E-state index in [4.69, 9.17) is 42.1 Å². The first-order valence-corrected chi connectivity index (χ1v) is 8.20. The third-order valence-corrected chi connectivity index (χ3v) is 2.82. The number of hydrogen-bond acceptors (Lipinski definition) is 5. The van der Waals surface area contributed by atoms with Crippen molar-refractivity contribution in [2.24, 2.45) is 0 Å². The summed E-state index contributed by atoms with van der Waals surface area (Å²) in [5, 5.41) is 0. The van der Waals surface area contributed by atoms with Crippen molar-refractivity contribution in [1.82, 2.24) is 0 Å². The van der Waals surface area contributed by atoms with E-state index in [1.807, 2.05) is 41.5 Å². The van der Waals surface area contributed by atoms with E-state index in [2.05, 4.69) is 0 Å². The van der Waals surface area contributed by atoms with Gasteiger partial charge in [-0.2, -0.15) is 0 Å². The van der Waals surface area contributed by atoms with Crippen LogP contribution in [-0.2, 0) is 18.9 Å².